The maximum atomic E-state index is 6.10. The predicted molar refractivity (Wildman–Crippen MR) is 80.1 cm³/mol. The van der Waals surface area contributed by atoms with Gasteiger partial charge in [-0.2, -0.15) is 0 Å². The van der Waals surface area contributed by atoms with Gasteiger partial charge >= 0.3 is 0 Å². The van der Waals surface area contributed by atoms with Crippen molar-refractivity contribution in [2.24, 2.45) is 0 Å². The number of aromatic nitrogens is 2. The highest BCUT2D eigenvalue weighted by Crippen LogP contribution is 2.38. The van der Waals surface area contributed by atoms with Crippen LogP contribution < -0.4 is 10.2 Å². The van der Waals surface area contributed by atoms with Crippen molar-refractivity contribution < 1.29 is 0 Å². The Hall–Kier alpha value is -1.07. The molecule has 0 spiro atoms. The van der Waals surface area contributed by atoms with Crippen LogP contribution in [0.4, 0.5) is 11.5 Å². The van der Waals surface area contributed by atoms with Crippen molar-refractivity contribution in [2.75, 3.05) is 45.0 Å². The van der Waals surface area contributed by atoms with E-state index < -0.39 is 0 Å². The molecule has 106 valence electrons. The first kappa shape index (κ1) is 14.3. The van der Waals surface area contributed by atoms with E-state index in [4.69, 9.17) is 11.6 Å². The lowest BCUT2D eigenvalue weighted by molar-refractivity contribution is 0.0682. The van der Waals surface area contributed by atoms with E-state index in [1.165, 1.54) is 25.6 Å². The maximum Gasteiger partial charge on any atom is 0.157 e. The number of hydrogen-bond acceptors (Lipinski definition) is 5. The minimum absolute atomic E-state index is 0.261. The van der Waals surface area contributed by atoms with Gasteiger partial charge in [0, 0.05) is 26.2 Å². The van der Waals surface area contributed by atoms with Crippen molar-refractivity contribution in [3.05, 3.63) is 11.5 Å². The first-order chi connectivity index (χ1) is 9.00. The second kappa shape index (κ2) is 5.51. The third kappa shape index (κ3) is 2.62. The molecule has 1 aromatic rings. The summed E-state index contributed by atoms with van der Waals surface area (Å²) in [6, 6.07) is 0. The van der Waals surface area contributed by atoms with E-state index in [1.807, 2.05) is 7.05 Å². The van der Waals surface area contributed by atoms with Crippen LogP contribution >= 0.6 is 11.6 Å². The molecule has 1 aliphatic carbocycles. The van der Waals surface area contributed by atoms with Gasteiger partial charge in [-0.15, -0.1) is 0 Å². The number of nitrogens with zero attached hydrogens (tertiary/aromatic N) is 4. The van der Waals surface area contributed by atoms with Crippen LogP contribution in [0.15, 0.2) is 6.33 Å². The zero-order valence-electron chi connectivity index (χ0n) is 12.1. The summed E-state index contributed by atoms with van der Waals surface area (Å²) in [5.41, 5.74) is 1.05. The summed E-state index contributed by atoms with van der Waals surface area (Å²) in [5.74, 6) is 0.857. The molecule has 1 aromatic heterocycles. The molecular weight excluding hydrogens is 262 g/mol. The minimum atomic E-state index is 0.261. The third-order valence-corrected chi connectivity index (χ3v) is 4.44. The van der Waals surface area contributed by atoms with Gasteiger partial charge in [-0.3, -0.25) is 0 Å². The van der Waals surface area contributed by atoms with Gasteiger partial charge in [0.05, 0.1) is 0 Å². The van der Waals surface area contributed by atoms with Crippen LogP contribution in [-0.2, 0) is 0 Å². The van der Waals surface area contributed by atoms with Gasteiger partial charge in [0.25, 0.3) is 0 Å². The molecule has 0 aromatic carbocycles. The van der Waals surface area contributed by atoms with Crippen LogP contribution in [0.25, 0.3) is 0 Å². The van der Waals surface area contributed by atoms with E-state index in [0.29, 0.717) is 5.15 Å². The summed E-state index contributed by atoms with van der Waals surface area (Å²) in [6.45, 7) is 0.946. The lowest BCUT2D eigenvalue weighted by Crippen LogP contribution is -2.56. The molecule has 0 bridgehead atoms. The average molecular weight is 284 g/mol. The fourth-order valence-corrected chi connectivity index (χ4v) is 2.93. The van der Waals surface area contributed by atoms with Crippen molar-refractivity contribution in [1.82, 2.24) is 14.9 Å². The Bertz CT molecular complexity index is 445. The number of rotatable bonds is 5. The molecular formula is C13H22ClN5. The van der Waals surface area contributed by atoms with Crippen molar-refractivity contribution in [3.8, 4) is 0 Å². The van der Waals surface area contributed by atoms with E-state index in [2.05, 4.69) is 46.2 Å². The first-order valence-electron chi connectivity index (χ1n) is 6.57. The number of hydrogen-bond donors (Lipinski definition) is 1. The predicted octanol–water partition coefficient (Wildman–Crippen LogP) is 2.09. The number of nitrogens with one attached hydrogen (secondary N) is 1. The van der Waals surface area contributed by atoms with Gasteiger partial charge in [0.15, 0.2) is 11.0 Å². The fraction of sp³-hybridized carbons (Fsp3) is 0.692. The fourth-order valence-electron chi connectivity index (χ4n) is 2.71. The van der Waals surface area contributed by atoms with Crippen molar-refractivity contribution in [3.63, 3.8) is 0 Å². The van der Waals surface area contributed by atoms with Crippen molar-refractivity contribution in [1.29, 1.82) is 0 Å². The monoisotopic (exact) mass is 283 g/mol. The van der Waals surface area contributed by atoms with Gasteiger partial charge in [-0.05, 0) is 33.4 Å². The zero-order valence-corrected chi connectivity index (χ0v) is 12.8. The lowest BCUT2D eigenvalue weighted by Gasteiger charge is -2.49. The first-order valence-corrected chi connectivity index (χ1v) is 6.95. The van der Waals surface area contributed by atoms with E-state index in [9.17, 15) is 0 Å². The highest BCUT2D eigenvalue weighted by molar-refractivity contribution is 6.32. The Morgan fingerprint density at radius 3 is 2.47 bits per heavy atom. The van der Waals surface area contributed by atoms with Gasteiger partial charge < -0.3 is 15.1 Å². The summed E-state index contributed by atoms with van der Waals surface area (Å²) >= 11 is 6.10. The Labute approximate surface area is 120 Å². The van der Waals surface area contributed by atoms with Gasteiger partial charge in [-0.25, -0.2) is 9.97 Å². The summed E-state index contributed by atoms with van der Waals surface area (Å²) in [7, 11) is 8.20. The van der Waals surface area contributed by atoms with Crippen molar-refractivity contribution >= 4 is 23.1 Å². The van der Waals surface area contributed by atoms with Crippen LogP contribution in [-0.4, -0.2) is 55.1 Å². The Morgan fingerprint density at radius 2 is 2.00 bits per heavy atom. The number of halogens is 1. The topological polar surface area (TPSA) is 44.3 Å². The molecule has 1 fully saturated rings. The molecule has 1 saturated carbocycles. The molecule has 1 N–H and O–H groups in total. The standard InChI is InChI=1S/C13H22ClN5/c1-15-10-11(14)16-9-17-12(10)19(4)8-13(18(2)3)6-5-7-13/h9,15H,5-8H2,1-4H3. The van der Waals surface area contributed by atoms with E-state index in [1.54, 1.807) is 0 Å². The normalized spacial score (nSPS) is 17.2. The van der Waals surface area contributed by atoms with Crippen LogP contribution in [0.1, 0.15) is 19.3 Å². The van der Waals surface area contributed by atoms with Crippen LogP contribution in [0, 0.1) is 0 Å². The van der Waals surface area contributed by atoms with Gasteiger partial charge in [-0.1, -0.05) is 11.6 Å². The maximum absolute atomic E-state index is 6.10. The molecule has 0 unspecified atom stereocenters. The second-order valence-electron chi connectivity index (χ2n) is 5.44. The highest BCUT2D eigenvalue weighted by Gasteiger charge is 2.40. The van der Waals surface area contributed by atoms with Crippen molar-refractivity contribution in [2.45, 2.75) is 24.8 Å². The molecule has 6 heteroatoms. The molecule has 1 aliphatic rings. The number of likely N-dealkylation sites (N-methyl/N-ethyl adjacent to an activating group) is 2. The summed E-state index contributed by atoms with van der Waals surface area (Å²) in [6.07, 6.45) is 5.28. The molecule has 0 amide bonds. The van der Waals surface area contributed by atoms with Gasteiger partial charge in [0.1, 0.15) is 12.0 Å². The van der Waals surface area contributed by atoms with Crippen LogP contribution in [0.5, 0.6) is 0 Å². The smallest absolute Gasteiger partial charge is 0.157 e. The minimum Gasteiger partial charge on any atom is -0.383 e. The molecule has 19 heavy (non-hydrogen) atoms. The summed E-state index contributed by atoms with van der Waals surface area (Å²) in [4.78, 5) is 12.9. The molecule has 1 heterocycles. The molecule has 0 saturated heterocycles. The zero-order chi connectivity index (χ0) is 14.0. The van der Waals surface area contributed by atoms with E-state index in [-0.39, 0.29) is 5.54 Å². The van der Waals surface area contributed by atoms with E-state index in [0.717, 1.165) is 18.1 Å². The highest BCUT2D eigenvalue weighted by atomic mass is 35.5. The largest absolute Gasteiger partial charge is 0.383 e. The van der Waals surface area contributed by atoms with Gasteiger partial charge in [0.2, 0.25) is 0 Å². The molecule has 0 atom stereocenters. The molecule has 0 radical (unpaired) electrons. The SMILES string of the molecule is CNc1c(Cl)ncnc1N(C)CC1(N(C)C)CCC1. The Kier molecular flexibility index (Phi) is 4.16. The third-order valence-electron chi connectivity index (χ3n) is 4.16. The lowest BCUT2D eigenvalue weighted by atomic mass is 9.75. The quantitative estimate of drug-likeness (QED) is 0.839. The molecule has 0 aliphatic heterocycles. The van der Waals surface area contributed by atoms with E-state index >= 15 is 0 Å². The summed E-state index contributed by atoms with van der Waals surface area (Å²) < 4.78 is 0. The molecule has 2 rings (SSSR count). The number of anilines is 2. The average Bonchev–Trinajstić information content (AvgIpc) is 2.32. The van der Waals surface area contributed by atoms with Crippen LogP contribution in [0.3, 0.4) is 0 Å². The Balaban J connectivity index is 2.20. The summed E-state index contributed by atoms with van der Waals surface area (Å²) in [5, 5.41) is 3.55. The van der Waals surface area contributed by atoms with Crippen LogP contribution in [0.2, 0.25) is 5.15 Å². The molecule has 5 nitrogen and oxygen atoms in total. The second-order valence-corrected chi connectivity index (χ2v) is 5.80. The Morgan fingerprint density at radius 1 is 1.32 bits per heavy atom.